The van der Waals surface area contributed by atoms with E-state index < -0.39 is 5.60 Å². The van der Waals surface area contributed by atoms with Crippen molar-refractivity contribution in [3.05, 3.63) is 84.8 Å². The molecule has 3 aromatic carbocycles. The van der Waals surface area contributed by atoms with Crippen LogP contribution in [0.3, 0.4) is 0 Å². The maximum atomic E-state index is 12.8. The van der Waals surface area contributed by atoms with Crippen LogP contribution < -0.4 is 4.90 Å². The molecule has 0 bridgehead atoms. The molecule has 0 N–H and O–H groups in total. The molecule has 0 aliphatic carbocycles. The van der Waals surface area contributed by atoms with E-state index in [9.17, 15) is 9.59 Å². The predicted molar refractivity (Wildman–Crippen MR) is 169 cm³/mol. The van der Waals surface area contributed by atoms with E-state index >= 15 is 0 Å². The number of anilines is 1. The first kappa shape index (κ1) is 28.2. The van der Waals surface area contributed by atoms with Crippen LogP contribution in [0, 0.1) is 0 Å². The van der Waals surface area contributed by atoms with Crippen molar-refractivity contribution in [2.45, 2.75) is 26.4 Å². The molecular weight excluding hydrogens is 540 g/mol. The molecule has 2 amide bonds. The predicted octanol–water partition coefficient (Wildman–Crippen LogP) is 5.98. The summed E-state index contributed by atoms with van der Waals surface area (Å²) in [7, 11) is 3.53. The fraction of sp³-hybridized carbons (Fsp3) is 0.294. The number of ether oxygens (including phenoxy) is 1. The monoisotopic (exact) mass is 576 g/mol. The van der Waals surface area contributed by atoms with Gasteiger partial charge in [0.1, 0.15) is 5.60 Å². The summed E-state index contributed by atoms with van der Waals surface area (Å²) in [4.78, 5) is 35.7. The van der Waals surface area contributed by atoms with Crippen LogP contribution in [0.2, 0.25) is 0 Å². The lowest BCUT2D eigenvalue weighted by Crippen LogP contribution is -2.50. The van der Waals surface area contributed by atoms with Crippen LogP contribution >= 0.6 is 0 Å². The molecule has 3 heterocycles. The Morgan fingerprint density at radius 1 is 0.814 bits per heavy atom. The average Bonchev–Trinajstić information content (AvgIpc) is 3.42. The second-order valence-electron chi connectivity index (χ2n) is 12.1. The molecule has 1 aliphatic heterocycles. The summed E-state index contributed by atoms with van der Waals surface area (Å²) < 4.78 is 7.33. The van der Waals surface area contributed by atoms with Crippen molar-refractivity contribution in [3.8, 4) is 22.3 Å². The van der Waals surface area contributed by atoms with E-state index in [2.05, 4.69) is 34.3 Å². The zero-order valence-electron chi connectivity index (χ0n) is 25.2. The topological polar surface area (TPSA) is 83.3 Å². The lowest BCUT2D eigenvalue weighted by molar-refractivity contribution is 0.0240. The van der Waals surface area contributed by atoms with E-state index in [0.717, 1.165) is 57.5 Å². The first-order chi connectivity index (χ1) is 20.6. The number of carbonyl (C=O) groups excluding carboxylic acids is 2. The Labute approximate surface area is 251 Å². The Kier molecular flexibility index (Phi) is 7.25. The van der Waals surface area contributed by atoms with Crippen molar-refractivity contribution in [2.75, 3.05) is 45.2 Å². The highest BCUT2D eigenvalue weighted by Crippen LogP contribution is 2.34. The van der Waals surface area contributed by atoms with Gasteiger partial charge < -0.3 is 19.4 Å². The summed E-state index contributed by atoms with van der Waals surface area (Å²) in [5.41, 5.74) is 5.94. The van der Waals surface area contributed by atoms with E-state index in [4.69, 9.17) is 9.72 Å². The maximum absolute atomic E-state index is 12.8. The van der Waals surface area contributed by atoms with Gasteiger partial charge in [0.05, 0.1) is 6.20 Å². The highest BCUT2D eigenvalue weighted by Gasteiger charge is 2.26. The van der Waals surface area contributed by atoms with Crippen molar-refractivity contribution in [2.24, 2.45) is 0 Å². The van der Waals surface area contributed by atoms with Gasteiger partial charge in [0.25, 0.3) is 5.91 Å². The molecule has 0 atom stereocenters. The Morgan fingerprint density at radius 3 is 2.19 bits per heavy atom. The van der Waals surface area contributed by atoms with Gasteiger partial charge in [0.15, 0.2) is 5.65 Å². The molecule has 2 aromatic heterocycles. The minimum absolute atomic E-state index is 0.0283. The number of hydrogen-bond donors (Lipinski definition) is 0. The Morgan fingerprint density at radius 2 is 1.51 bits per heavy atom. The average molecular weight is 577 g/mol. The number of aromatic nitrogens is 3. The maximum Gasteiger partial charge on any atom is 0.410 e. The first-order valence-corrected chi connectivity index (χ1v) is 14.5. The molecule has 0 spiro atoms. The van der Waals surface area contributed by atoms with Gasteiger partial charge in [-0.05, 0) is 60.9 Å². The fourth-order valence-electron chi connectivity index (χ4n) is 5.51. The van der Waals surface area contributed by atoms with Crippen molar-refractivity contribution in [1.29, 1.82) is 0 Å². The van der Waals surface area contributed by atoms with Crippen molar-refractivity contribution >= 4 is 34.1 Å². The second kappa shape index (κ2) is 11.1. The van der Waals surface area contributed by atoms with Crippen LogP contribution in [0.15, 0.2) is 79.3 Å². The summed E-state index contributed by atoms with van der Waals surface area (Å²) in [6.07, 6.45) is 5.45. The van der Waals surface area contributed by atoms with E-state index in [-0.39, 0.29) is 12.0 Å². The zero-order chi connectivity index (χ0) is 30.3. The van der Waals surface area contributed by atoms with Gasteiger partial charge in [0, 0.05) is 75.0 Å². The largest absolute Gasteiger partial charge is 0.444 e. The van der Waals surface area contributed by atoms with Crippen LogP contribution in [0.4, 0.5) is 10.5 Å². The van der Waals surface area contributed by atoms with Gasteiger partial charge in [-0.2, -0.15) is 5.10 Å². The Balaban J connectivity index is 1.21. The van der Waals surface area contributed by atoms with Gasteiger partial charge in [-0.25, -0.2) is 14.3 Å². The highest BCUT2D eigenvalue weighted by molar-refractivity contribution is 6.11. The van der Waals surface area contributed by atoms with E-state index in [1.165, 1.54) is 0 Å². The minimum Gasteiger partial charge on any atom is -0.444 e. The summed E-state index contributed by atoms with van der Waals surface area (Å²) in [5.74, 6) is -0.0283. The summed E-state index contributed by atoms with van der Waals surface area (Å²) in [5, 5.41) is 6.52. The zero-order valence-corrected chi connectivity index (χ0v) is 25.2. The van der Waals surface area contributed by atoms with Gasteiger partial charge >= 0.3 is 6.09 Å². The molecule has 0 unspecified atom stereocenters. The van der Waals surface area contributed by atoms with Crippen molar-refractivity contribution < 1.29 is 14.3 Å². The summed E-state index contributed by atoms with van der Waals surface area (Å²) in [6.45, 7) is 8.42. The van der Waals surface area contributed by atoms with Gasteiger partial charge in [-0.3, -0.25) is 4.79 Å². The molecule has 43 heavy (non-hydrogen) atoms. The van der Waals surface area contributed by atoms with Crippen LogP contribution in [0.25, 0.3) is 38.7 Å². The number of piperazine rings is 1. The SMILES string of the molecule is CN(C)C(=O)c1ccc(-c2cnn3cc(-c4ccc(N5CCN(C(=O)OC(C)(C)C)CC5)cc4)cnc23)c2ccccc12. The molecule has 9 nitrogen and oxygen atoms in total. The van der Waals surface area contributed by atoms with Crippen LogP contribution in [0.1, 0.15) is 31.1 Å². The third-order valence-corrected chi connectivity index (χ3v) is 7.70. The third kappa shape index (κ3) is 5.62. The molecule has 1 aliphatic rings. The standard InChI is InChI=1S/C34H36N6O3/c1-34(2,3)43-33(42)39-18-16-38(17-19-39)25-12-10-23(11-13-25)24-20-35-31-30(21-36-40(31)22-24)28-14-15-29(32(41)37(4)5)27-9-7-6-8-26(27)28/h6-15,20-22H,16-19H2,1-5H3. The van der Waals surface area contributed by atoms with Crippen LogP contribution in [-0.4, -0.2) is 82.3 Å². The fourth-order valence-corrected chi connectivity index (χ4v) is 5.51. The molecule has 220 valence electrons. The normalized spacial score (nSPS) is 13.9. The number of carbonyl (C=O) groups is 2. The van der Waals surface area contributed by atoms with E-state index in [0.29, 0.717) is 18.7 Å². The van der Waals surface area contributed by atoms with Crippen molar-refractivity contribution in [3.63, 3.8) is 0 Å². The molecule has 0 saturated carbocycles. The van der Waals surface area contributed by atoms with Gasteiger partial charge in [-0.15, -0.1) is 0 Å². The molecule has 9 heteroatoms. The number of benzene rings is 3. The summed E-state index contributed by atoms with van der Waals surface area (Å²) in [6, 6.07) is 20.2. The second-order valence-corrected chi connectivity index (χ2v) is 12.1. The number of fused-ring (bicyclic) bond motifs is 2. The van der Waals surface area contributed by atoms with E-state index in [1.54, 1.807) is 23.9 Å². The lowest BCUT2D eigenvalue weighted by atomic mass is 9.96. The molecule has 0 radical (unpaired) electrons. The van der Waals surface area contributed by atoms with Crippen LogP contribution in [-0.2, 0) is 4.74 Å². The minimum atomic E-state index is -0.493. The number of rotatable bonds is 4. The van der Waals surface area contributed by atoms with Crippen LogP contribution in [0.5, 0.6) is 0 Å². The lowest BCUT2D eigenvalue weighted by Gasteiger charge is -2.36. The number of nitrogens with zero attached hydrogens (tertiary/aromatic N) is 6. The van der Waals surface area contributed by atoms with Gasteiger partial charge in [0.2, 0.25) is 0 Å². The first-order valence-electron chi connectivity index (χ1n) is 14.5. The number of amides is 2. The molecular formula is C34H36N6O3. The Bertz CT molecular complexity index is 1810. The quantitative estimate of drug-likeness (QED) is 0.262. The molecule has 5 aromatic rings. The van der Waals surface area contributed by atoms with Gasteiger partial charge in [-0.1, -0.05) is 42.5 Å². The van der Waals surface area contributed by atoms with Crippen molar-refractivity contribution in [1.82, 2.24) is 24.4 Å². The number of hydrogen-bond acceptors (Lipinski definition) is 6. The smallest absolute Gasteiger partial charge is 0.410 e. The summed E-state index contributed by atoms with van der Waals surface area (Å²) >= 11 is 0. The molecule has 1 fully saturated rings. The highest BCUT2D eigenvalue weighted by atomic mass is 16.6. The Hall–Kier alpha value is -4.92. The molecule has 6 rings (SSSR count). The van der Waals surface area contributed by atoms with E-state index in [1.807, 2.05) is 80.3 Å². The third-order valence-electron chi connectivity index (χ3n) is 7.70. The molecule has 1 saturated heterocycles.